The fraction of sp³-hybridized carbons (Fsp3) is 0.400. The van der Waals surface area contributed by atoms with Crippen molar-refractivity contribution < 1.29 is 9.90 Å². The average Bonchev–Trinajstić information content (AvgIpc) is 2.85. The van der Waals surface area contributed by atoms with Crippen LogP contribution in [0.1, 0.15) is 25.1 Å². The highest BCUT2D eigenvalue weighted by molar-refractivity contribution is 5.77. The highest BCUT2D eigenvalue weighted by atomic mass is 16.4. The van der Waals surface area contributed by atoms with Gasteiger partial charge in [-0.1, -0.05) is 12.1 Å². The van der Waals surface area contributed by atoms with E-state index >= 15 is 0 Å². The van der Waals surface area contributed by atoms with Crippen LogP contribution in [-0.2, 0) is 11.3 Å². The van der Waals surface area contributed by atoms with Gasteiger partial charge in [-0.3, -0.25) is 14.5 Å². The molecule has 6 nitrogen and oxygen atoms in total. The number of nitrogens with zero attached hydrogens (tertiary/aromatic N) is 2. The molecule has 0 aliphatic carbocycles. The van der Waals surface area contributed by atoms with Crippen molar-refractivity contribution >= 4 is 16.9 Å². The number of aromatic amines is 1. The first-order valence-electron chi connectivity index (χ1n) is 7.07. The standard InChI is InChI=1S/C15H17N3O3/c19-14(20)8-10-4-3-7-18(10)9-13-16-12-6-2-1-5-11(12)15(21)17-13/h1-2,5-6,10H,3-4,7-9H2,(H,19,20)(H,16,17,21)/t10-/m1/s1. The molecule has 6 heteroatoms. The SMILES string of the molecule is O=C(O)C[C@H]1CCCN1Cc1nc2ccccc2c(=O)[nH]1. The molecule has 0 amide bonds. The van der Waals surface area contributed by atoms with Gasteiger partial charge in [-0.15, -0.1) is 0 Å². The van der Waals surface area contributed by atoms with Crippen molar-refractivity contribution in [2.24, 2.45) is 0 Å². The quantitative estimate of drug-likeness (QED) is 0.886. The summed E-state index contributed by atoms with van der Waals surface area (Å²) in [5.41, 5.74) is 0.523. The lowest BCUT2D eigenvalue weighted by atomic mass is 10.1. The molecule has 0 radical (unpaired) electrons. The Labute approximate surface area is 121 Å². The Balaban J connectivity index is 1.84. The molecule has 1 aromatic carbocycles. The van der Waals surface area contributed by atoms with E-state index in [1.54, 1.807) is 6.07 Å². The number of hydrogen-bond donors (Lipinski definition) is 2. The van der Waals surface area contributed by atoms with Crippen LogP contribution < -0.4 is 5.56 Å². The number of benzene rings is 1. The molecular weight excluding hydrogens is 270 g/mol. The maximum absolute atomic E-state index is 12.0. The summed E-state index contributed by atoms with van der Waals surface area (Å²) < 4.78 is 0. The number of H-pyrrole nitrogens is 1. The van der Waals surface area contributed by atoms with Gasteiger partial charge < -0.3 is 10.1 Å². The van der Waals surface area contributed by atoms with Crippen LogP contribution in [0.25, 0.3) is 10.9 Å². The molecule has 0 bridgehead atoms. The second kappa shape index (κ2) is 5.65. The summed E-state index contributed by atoms with van der Waals surface area (Å²) >= 11 is 0. The molecule has 1 aliphatic rings. The highest BCUT2D eigenvalue weighted by Crippen LogP contribution is 2.21. The van der Waals surface area contributed by atoms with Crippen LogP contribution in [0.15, 0.2) is 29.1 Å². The molecule has 0 spiro atoms. The monoisotopic (exact) mass is 287 g/mol. The summed E-state index contributed by atoms with van der Waals surface area (Å²) in [7, 11) is 0. The number of likely N-dealkylation sites (tertiary alicyclic amines) is 1. The van der Waals surface area contributed by atoms with Crippen molar-refractivity contribution in [2.45, 2.75) is 31.8 Å². The number of carbonyl (C=O) groups is 1. The molecule has 1 atom stereocenters. The Hall–Kier alpha value is -2.21. The van der Waals surface area contributed by atoms with Crippen LogP contribution in [-0.4, -0.2) is 38.5 Å². The van der Waals surface area contributed by atoms with Gasteiger partial charge in [0.2, 0.25) is 0 Å². The van der Waals surface area contributed by atoms with E-state index in [2.05, 4.69) is 14.9 Å². The second-order valence-corrected chi connectivity index (χ2v) is 5.39. The lowest BCUT2D eigenvalue weighted by molar-refractivity contribution is -0.138. The number of fused-ring (bicyclic) bond motifs is 1. The Morgan fingerprint density at radius 1 is 1.43 bits per heavy atom. The van der Waals surface area contributed by atoms with Crippen molar-refractivity contribution in [1.29, 1.82) is 0 Å². The van der Waals surface area contributed by atoms with Crippen molar-refractivity contribution in [3.8, 4) is 0 Å². The lowest BCUT2D eigenvalue weighted by Gasteiger charge is -2.22. The van der Waals surface area contributed by atoms with E-state index in [0.717, 1.165) is 19.4 Å². The van der Waals surface area contributed by atoms with E-state index < -0.39 is 5.97 Å². The summed E-state index contributed by atoms with van der Waals surface area (Å²) in [5.74, 6) is -0.192. The van der Waals surface area contributed by atoms with Gasteiger partial charge in [0.05, 0.1) is 23.9 Å². The number of hydrogen-bond acceptors (Lipinski definition) is 4. The fourth-order valence-corrected chi connectivity index (χ4v) is 2.94. The van der Waals surface area contributed by atoms with Crippen LogP contribution in [0.5, 0.6) is 0 Å². The first kappa shape index (κ1) is 13.8. The van der Waals surface area contributed by atoms with Crippen LogP contribution in [0, 0.1) is 0 Å². The minimum absolute atomic E-state index is 0.0271. The maximum Gasteiger partial charge on any atom is 0.304 e. The largest absolute Gasteiger partial charge is 0.481 e. The molecule has 110 valence electrons. The highest BCUT2D eigenvalue weighted by Gasteiger charge is 2.27. The maximum atomic E-state index is 12.0. The van der Waals surface area contributed by atoms with Gasteiger partial charge in [0.1, 0.15) is 5.82 Å². The summed E-state index contributed by atoms with van der Waals surface area (Å²) in [4.78, 5) is 32.3. The molecule has 2 aromatic rings. The van der Waals surface area contributed by atoms with Gasteiger partial charge in [-0.25, -0.2) is 4.98 Å². The Morgan fingerprint density at radius 2 is 2.24 bits per heavy atom. The van der Waals surface area contributed by atoms with Crippen molar-refractivity contribution in [3.05, 3.63) is 40.4 Å². The Bertz CT molecular complexity index is 725. The topological polar surface area (TPSA) is 86.3 Å². The van der Waals surface area contributed by atoms with Crippen LogP contribution in [0.3, 0.4) is 0 Å². The summed E-state index contributed by atoms with van der Waals surface area (Å²) in [5, 5.41) is 9.52. The van der Waals surface area contributed by atoms with E-state index in [1.807, 2.05) is 18.2 Å². The minimum atomic E-state index is -0.785. The average molecular weight is 287 g/mol. The van der Waals surface area contributed by atoms with Crippen molar-refractivity contribution in [2.75, 3.05) is 6.54 Å². The number of aliphatic carboxylic acids is 1. The van der Waals surface area contributed by atoms with Gasteiger partial charge in [0.25, 0.3) is 5.56 Å². The third kappa shape index (κ3) is 2.95. The third-order valence-electron chi connectivity index (χ3n) is 3.92. The predicted octanol–water partition coefficient (Wildman–Crippen LogP) is 1.36. The molecule has 1 aromatic heterocycles. The molecule has 2 heterocycles. The van der Waals surface area contributed by atoms with Gasteiger partial charge >= 0.3 is 5.97 Å². The Kier molecular flexibility index (Phi) is 3.70. The number of aromatic nitrogens is 2. The zero-order valence-corrected chi connectivity index (χ0v) is 11.6. The molecule has 21 heavy (non-hydrogen) atoms. The van der Waals surface area contributed by atoms with Gasteiger partial charge in [-0.05, 0) is 31.5 Å². The number of para-hydroxylation sites is 1. The van der Waals surface area contributed by atoms with E-state index in [4.69, 9.17) is 5.11 Å². The van der Waals surface area contributed by atoms with E-state index in [9.17, 15) is 9.59 Å². The molecule has 1 fully saturated rings. The molecule has 0 unspecified atom stereocenters. The normalized spacial score (nSPS) is 19.1. The molecule has 0 saturated carbocycles. The van der Waals surface area contributed by atoms with Crippen LogP contribution >= 0.6 is 0 Å². The summed E-state index contributed by atoms with van der Waals surface area (Å²) in [6.07, 6.45) is 2.00. The Morgan fingerprint density at radius 3 is 3.05 bits per heavy atom. The van der Waals surface area contributed by atoms with Crippen LogP contribution in [0.2, 0.25) is 0 Å². The van der Waals surface area contributed by atoms with E-state index in [1.165, 1.54) is 0 Å². The zero-order chi connectivity index (χ0) is 14.8. The molecule has 2 N–H and O–H groups in total. The van der Waals surface area contributed by atoms with Gasteiger partial charge in [0.15, 0.2) is 0 Å². The molecular formula is C15H17N3O3. The third-order valence-corrected chi connectivity index (χ3v) is 3.92. The van der Waals surface area contributed by atoms with Crippen molar-refractivity contribution in [1.82, 2.24) is 14.9 Å². The second-order valence-electron chi connectivity index (χ2n) is 5.39. The van der Waals surface area contributed by atoms with Crippen molar-refractivity contribution in [3.63, 3.8) is 0 Å². The van der Waals surface area contributed by atoms with E-state index in [-0.39, 0.29) is 18.0 Å². The summed E-state index contributed by atoms with van der Waals surface area (Å²) in [6, 6.07) is 7.24. The number of rotatable bonds is 4. The van der Waals surface area contributed by atoms with Gasteiger partial charge in [0, 0.05) is 6.04 Å². The molecule has 1 saturated heterocycles. The van der Waals surface area contributed by atoms with Crippen LogP contribution in [0.4, 0.5) is 0 Å². The predicted molar refractivity (Wildman–Crippen MR) is 78.0 cm³/mol. The number of nitrogens with one attached hydrogen (secondary N) is 1. The first-order chi connectivity index (χ1) is 10.1. The van der Waals surface area contributed by atoms with E-state index in [0.29, 0.717) is 23.3 Å². The zero-order valence-electron chi connectivity index (χ0n) is 11.6. The number of carboxylic acid groups (broad SMARTS) is 1. The first-order valence-corrected chi connectivity index (χ1v) is 7.07. The number of carboxylic acids is 1. The van der Waals surface area contributed by atoms with Gasteiger partial charge in [-0.2, -0.15) is 0 Å². The summed E-state index contributed by atoms with van der Waals surface area (Å²) in [6.45, 7) is 1.33. The molecule has 3 rings (SSSR count). The minimum Gasteiger partial charge on any atom is -0.481 e. The smallest absolute Gasteiger partial charge is 0.304 e. The lowest BCUT2D eigenvalue weighted by Crippen LogP contribution is -2.32. The molecule has 1 aliphatic heterocycles. The fourth-order valence-electron chi connectivity index (χ4n) is 2.94.